The highest BCUT2D eigenvalue weighted by molar-refractivity contribution is 5.20. The highest BCUT2D eigenvalue weighted by Crippen LogP contribution is 2.25. The molecule has 1 aliphatic rings. The largest absolute Gasteiger partial charge is 0.393 e. The molecule has 1 N–H and O–H groups in total. The van der Waals surface area contributed by atoms with Crippen molar-refractivity contribution < 1.29 is 5.11 Å². The van der Waals surface area contributed by atoms with E-state index in [-0.39, 0.29) is 6.10 Å². The average molecular weight is 208 g/mol. The summed E-state index contributed by atoms with van der Waals surface area (Å²) in [6, 6.07) is 0. The van der Waals surface area contributed by atoms with Gasteiger partial charge in [0.2, 0.25) is 0 Å². The number of rotatable bonds is 4. The Morgan fingerprint density at radius 1 is 1.47 bits per heavy atom. The van der Waals surface area contributed by atoms with E-state index < -0.39 is 0 Å². The van der Waals surface area contributed by atoms with Gasteiger partial charge in [0, 0.05) is 0 Å². The fourth-order valence-electron chi connectivity index (χ4n) is 2.04. The lowest BCUT2D eigenvalue weighted by atomic mass is 9.89. The lowest BCUT2D eigenvalue weighted by Gasteiger charge is -2.19. The SMILES string of the molecule is CCC1=CCCC(CC(C)C(C)O)C=C1. The predicted octanol–water partition coefficient (Wildman–Crippen LogP) is 3.70. The molecular formula is C14H24O. The molecule has 1 aliphatic carbocycles. The smallest absolute Gasteiger partial charge is 0.0537 e. The zero-order valence-electron chi connectivity index (χ0n) is 10.2. The van der Waals surface area contributed by atoms with E-state index >= 15 is 0 Å². The van der Waals surface area contributed by atoms with Crippen LogP contribution in [0.2, 0.25) is 0 Å². The van der Waals surface area contributed by atoms with Crippen LogP contribution in [0, 0.1) is 11.8 Å². The van der Waals surface area contributed by atoms with Gasteiger partial charge in [0.05, 0.1) is 6.10 Å². The molecule has 0 aromatic rings. The zero-order chi connectivity index (χ0) is 11.3. The Morgan fingerprint density at radius 3 is 2.80 bits per heavy atom. The van der Waals surface area contributed by atoms with E-state index in [9.17, 15) is 5.11 Å². The van der Waals surface area contributed by atoms with Crippen molar-refractivity contribution in [1.82, 2.24) is 0 Å². The molecule has 0 saturated heterocycles. The van der Waals surface area contributed by atoms with Crippen molar-refractivity contribution in [1.29, 1.82) is 0 Å². The molecule has 3 unspecified atom stereocenters. The van der Waals surface area contributed by atoms with Crippen molar-refractivity contribution in [2.75, 3.05) is 0 Å². The first-order valence-electron chi connectivity index (χ1n) is 6.18. The predicted molar refractivity (Wildman–Crippen MR) is 65.7 cm³/mol. The number of aliphatic hydroxyl groups excluding tert-OH is 1. The summed E-state index contributed by atoms with van der Waals surface area (Å²) in [7, 11) is 0. The minimum Gasteiger partial charge on any atom is -0.393 e. The van der Waals surface area contributed by atoms with Crippen LogP contribution in [0.15, 0.2) is 23.8 Å². The van der Waals surface area contributed by atoms with E-state index in [4.69, 9.17) is 0 Å². The average Bonchev–Trinajstić information content (AvgIpc) is 2.43. The molecule has 1 rings (SSSR count). The van der Waals surface area contributed by atoms with Crippen LogP contribution in [0.4, 0.5) is 0 Å². The van der Waals surface area contributed by atoms with Crippen LogP contribution in [0.3, 0.4) is 0 Å². The number of aliphatic hydroxyl groups is 1. The van der Waals surface area contributed by atoms with Crippen LogP contribution in [0.25, 0.3) is 0 Å². The summed E-state index contributed by atoms with van der Waals surface area (Å²) in [5.41, 5.74) is 1.46. The standard InChI is InChI=1S/C14H24O/c1-4-13-6-5-7-14(9-8-13)10-11(2)12(3)15/h6,8-9,11-12,14-15H,4-5,7,10H2,1-3H3. The van der Waals surface area contributed by atoms with E-state index in [2.05, 4.69) is 32.1 Å². The first kappa shape index (κ1) is 12.5. The normalized spacial score (nSPS) is 25.6. The van der Waals surface area contributed by atoms with Gasteiger partial charge < -0.3 is 5.11 Å². The second-order valence-electron chi connectivity index (χ2n) is 4.78. The summed E-state index contributed by atoms with van der Waals surface area (Å²) in [6.07, 6.45) is 11.4. The van der Waals surface area contributed by atoms with Crippen LogP contribution in [0.5, 0.6) is 0 Å². The van der Waals surface area contributed by atoms with E-state index in [0.29, 0.717) is 11.8 Å². The molecule has 0 spiro atoms. The van der Waals surface area contributed by atoms with Crippen molar-refractivity contribution in [2.45, 2.75) is 52.6 Å². The molecule has 0 fully saturated rings. The maximum absolute atomic E-state index is 9.48. The lowest BCUT2D eigenvalue weighted by molar-refractivity contribution is 0.122. The Balaban J connectivity index is 2.46. The van der Waals surface area contributed by atoms with Crippen LogP contribution in [-0.4, -0.2) is 11.2 Å². The van der Waals surface area contributed by atoms with E-state index in [0.717, 1.165) is 12.8 Å². The van der Waals surface area contributed by atoms with Gasteiger partial charge in [-0.05, 0) is 44.4 Å². The van der Waals surface area contributed by atoms with Crippen molar-refractivity contribution in [3.05, 3.63) is 23.8 Å². The summed E-state index contributed by atoms with van der Waals surface area (Å²) in [4.78, 5) is 0. The van der Waals surface area contributed by atoms with Gasteiger partial charge in [-0.1, -0.05) is 37.6 Å². The highest BCUT2D eigenvalue weighted by Gasteiger charge is 2.15. The maximum Gasteiger partial charge on any atom is 0.0537 e. The molecule has 86 valence electrons. The molecule has 15 heavy (non-hydrogen) atoms. The Hall–Kier alpha value is -0.560. The monoisotopic (exact) mass is 208 g/mol. The second kappa shape index (κ2) is 6.12. The number of hydrogen-bond donors (Lipinski definition) is 1. The molecule has 3 atom stereocenters. The van der Waals surface area contributed by atoms with Crippen molar-refractivity contribution in [2.24, 2.45) is 11.8 Å². The lowest BCUT2D eigenvalue weighted by Crippen LogP contribution is -2.16. The third-order valence-corrected chi connectivity index (χ3v) is 3.43. The van der Waals surface area contributed by atoms with Crippen LogP contribution in [0.1, 0.15) is 46.5 Å². The van der Waals surface area contributed by atoms with Gasteiger partial charge in [-0.3, -0.25) is 0 Å². The van der Waals surface area contributed by atoms with Crippen molar-refractivity contribution in [3.8, 4) is 0 Å². The van der Waals surface area contributed by atoms with E-state index in [1.807, 2.05) is 6.92 Å². The van der Waals surface area contributed by atoms with Gasteiger partial charge in [-0.15, -0.1) is 0 Å². The topological polar surface area (TPSA) is 20.2 Å². The van der Waals surface area contributed by atoms with Crippen LogP contribution >= 0.6 is 0 Å². The molecule has 0 aromatic heterocycles. The summed E-state index contributed by atoms with van der Waals surface area (Å²) in [5.74, 6) is 1.05. The molecule has 0 aromatic carbocycles. The Morgan fingerprint density at radius 2 is 2.20 bits per heavy atom. The highest BCUT2D eigenvalue weighted by atomic mass is 16.3. The van der Waals surface area contributed by atoms with E-state index in [1.54, 1.807) is 0 Å². The van der Waals surface area contributed by atoms with Gasteiger partial charge in [0.1, 0.15) is 0 Å². The Bertz CT molecular complexity index is 238. The number of allylic oxidation sites excluding steroid dienone is 4. The van der Waals surface area contributed by atoms with Crippen LogP contribution < -0.4 is 0 Å². The number of hydrogen-bond acceptors (Lipinski definition) is 1. The van der Waals surface area contributed by atoms with Gasteiger partial charge >= 0.3 is 0 Å². The molecule has 0 amide bonds. The third kappa shape index (κ3) is 4.21. The van der Waals surface area contributed by atoms with Gasteiger partial charge in [-0.25, -0.2) is 0 Å². The molecule has 1 heteroatoms. The minimum absolute atomic E-state index is 0.180. The molecule has 0 bridgehead atoms. The van der Waals surface area contributed by atoms with Crippen LogP contribution in [-0.2, 0) is 0 Å². The molecule has 0 aliphatic heterocycles. The molecular weight excluding hydrogens is 184 g/mol. The van der Waals surface area contributed by atoms with Crippen molar-refractivity contribution >= 4 is 0 Å². The molecule has 0 heterocycles. The summed E-state index contributed by atoms with van der Waals surface area (Å²) in [6.45, 7) is 6.23. The summed E-state index contributed by atoms with van der Waals surface area (Å²) in [5, 5.41) is 9.48. The van der Waals surface area contributed by atoms with Gasteiger partial charge in [0.25, 0.3) is 0 Å². The van der Waals surface area contributed by atoms with Gasteiger partial charge in [0.15, 0.2) is 0 Å². The maximum atomic E-state index is 9.48. The Kier molecular flexibility index (Phi) is 5.10. The van der Waals surface area contributed by atoms with Gasteiger partial charge in [-0.2, -0.15) is 0 Å². The van der Waals surface area contributed by atoms with Crippen molar-refractivity contribution in [3.63, 3.8) is 0 Å². The molecule has 0 radical (unpaired) electrons. The second-order valence-corrected chi connectivity index (χ2v) is 4.78. The third-order valence-electron chi connectivity index (χ3n) is 3.43. The zero-order valence-corrected chi connectivity index (χ0v) is 10.2. The fourth-order valence-corrected chi connectivity index (χ4v) is 2.04. The molecule has 1 nitrogen and oxygen atoms in total. The fraction of sp³-hybridized carbons (Fsp3) is 0.714. The molecule has 0 saturated carbocycles. The van der Waals surface area contributed by atoms with E-state index in [1.165, 1.54) is 18.4 Å². The summed E-state index contributed by atoms with van der Waals surface area (Å²) < 4.78 is 0. The first-order chi connectivity index (χ1) is 7.13. The first-order valence-corrected chi connectivity index (χ1v) is 6.18. The quantitative estimate of drug-likeness (QED) is 0.747. The Labute approximate surface area is 93.9 Å². The minimum atomic E-state index is -0.180. The summed E-state index contributed by atoms with van der Waals surface area (Å²) >= 11 is 0.